The summed E-state index contributed by atoms with van der Waals surface area (Å²) in [6.45, 7) is 3.66. The first-order valence-corrected chi connectivity index (χ1v) is 7.01. The van der Waals surface area contributed by atoms with Gasteiger partial charge in [-0.1, -0.05) is 0 Å². The van der Waals surface area contributed by atoms with Crippen molar-refractivity contribution in [3.63, 3.8) is 0 Å². The summed E-state index contributed by atoms with van der Waals surface area (Å²) in [5.74, 6) is 0.216. The highest BCUT2D eigenvalue weighted by Crippen LogP contribution is 2.42. The summed E-state index contributed by atoms with van der Waals surface area (Å²) in [4.78, 5) is 15.8. The number of aromatic nitrogens is 2. The van der Waals surface area contributed by atoms with Crippen molar-refractivity contribution in [2.75, 3.05) is 7.11 Å². The zero-order valence-corrected chi connectivity index (χ0v) is 12.7. The fourth-order valence-corrected chi connectivity index (χ4v) is 2.77. The number of hydrogen-bond donors (Lipinski definition) is 1. The predicted octanol–water partition coefficient (Wildman–Crippen LogP) is 1.79. The third-order valence-corrected chi connectivity index (χ3v) is 3.98. The Morgan fingerprint density at radius 1 is 1.45 bits per heavy atom. The van der Waals surface area contributed by atoms with Crippen LogP contribution in [-0.2, 0) is 4.74 Å². The van der Waals surface area contributed by atoms with E-state index < -0.39 is 17.7 Å². The van der Waals surface area contributed by atoms with Crippen molar-refractivity contribution in [1.29, 1.82) is 0 Å². The highest BCUT2D eigenvalue weighted by Gasteiger charge is 2.43. The lowest BCUT2D eigenvalue weighted by molar-refractivity contribution is -0.0637. The second kappa shape index (κ2) is 5.14. The molecule has 1 N–H and O–H groups in total. The molecule has 116 valence electrons. The zero-order chi connectivity index (χ0) is 15.9. The molecule has 3 rings (SSSR count). The molecule has 2 heterocycles. The summed E-state index contributed by atoms with van der Waals surface area (Å²) < 4.78 is 12.5. The predicted molar refractivity (Wildman–Crippen MR) is 78.9 cm³/mol. The second-order valence-electron chi connectivity index (χ2n) is 5.85. The number of carbonyl (C=O) groups excluding carboxylic acids is 1. The molecule has 1 aromatic heterocycles. The Hall–Kier alpha value is -2.34. The van der Waals surface area contributed by atoms with Gasteiger partial charge in [0.2, 0.25) is 0 Å². The Labute approximate surface area is 128 Å². The van der Waals surface area contributed by atoms with Gasteiger partial charge in [0, 0.05) is 18.0 Å². The summed E-state index contributed by atoms with van der Waals surface area (Å²) in [6, 6.07) is 4.71. The third kappa shape index (κ3) is 2.25. The van der Waals surface area contributed by atoms with Crippen molar-refractivity contribution >= 4 is 5.97 Å². The standard InChI is InChI=1S/C16H18N2O4/c1-16(2)14(19)13(18-7-6-17-9-18)11-8-10(15(20)21-3)4-5-12(11)22-16/h4-9,13-14,19H,1-3H3/t13-,14+/m0/s1. The molecule has 6 nitrogen and oxygen atoms in total. The van der Waals surface area contributed by atoms with E-state index in [2.05, 4.69) is 4.98 Å². The maximum absolute atomic E-state index is 11.8. The lowest BCUT2D eigenvalue weighted by Gasteiger charge is -2.42. The van der Waals surface area contributed by atoms with Gasteiger partial charge < -0.3 is 19.1 Å². The van der Waals surface area contributed by atoms with E-state index in [1.54, 1.807) is 36.9 Å². The molecular formula is C16H18N2O4. The Balaban J connectivity index is 2.15. The SMILES string of the molecule is COC(=O)c1ccc2c(c1)[C@H](n1ccnc1)[C@@H](O)C(C)(C)O2. The van der Waals surface area contributed by atoms with Crippen LogP contribution in [0.15, 0.2) is 36.9 Å². The van der Waals surface area contributed by atoms with Gasteiger partial charge in [-0.15, -0.1) is 0 Å². The van der Waals surface area contributed by atoms with Crippen LogP contribution in [0.4, 0.5) is 0 Å². The van der Waals surface area contributed by atoms with Gasteiger partial charge >= 0.3 is 5.97 Å². The fraction of sp³-hybridized carbons (Fsp3) is 0.375. The van der Waals surface area contributed by atoms with E-state index in [0.29, 0.717) is 11.3 Å². The highest BCUT2D eigenvalue weighted by molar-refractivity contribution is 5.89. The molecule has 0 aliphatic carbocycles. The fourth-order valence-electron chi connectivity index (χ4n) is 2.77. The molecule has 2 aromatic rings. The van der Waals surface area contributed by atoms with Gasteiger partial charge in [0.25, 0.3) is 0 Å². The van der Waals surface area contributed by atoms with Gasteiger partial charge in [0.05, 0.1) is 25.0 Å². The highest BCUT2D eigenvalue weighted by atomic mass is 16.5. The molecule has 1 aromatic carbocycles. The van der Waals surface area contributed by atoms with Crippen molar-refractivity contribution in [2.45, 2.75) is 31.6 Å². The van der Waals surface area contributed by atoms with Crippen LogP contribution in [0.2, 0.25) is 0 Å². The van der Waals surface area contributed by atoms with Crippen molar-refractivity contribution in [2.24, 2.45) is 0 Å². The van der Waals surface area contributed by atoms with E-state index in [9.17, 15) is 9.90 Å². The lowest BCUT2D eigenvalue weighted by Crippen LogP contribution is -2.50. The maximum atomic E-state index is 11.8. The van der Waals surface area contributed by atoms with Gasteiger partial charge in [-0.2, -0.15) is 0 Å². The molecule has 1 aliphatic heterocycles. The monoisotopic (exact) mass is 302 g/mol. The van der Waals surface area contributed by atoms with E-state index in [0.717, 1.165) is 5.56 Å². The van der Waals surface area contributed by atoms with E-state index >= 15 is 0 Å². The van der Waals surface area contributed by atoms with E-state index in [-0.39, 0.29) is 6.04 Å². The van der Waals surface area contributed by atoms with Gasteiger partial charge in [0.15, 0.2) is 0 Å². The molecule has 0 spiro atoms. The molecule has 6 heteroatoms. The molecule has 0 saturated carbocycles. The number of rotatable bonds is 2. The number of methoxy groups -OCH3 is 1. The number of aliphatic hydroxyl groups is 1. The van der Waals surface area contributed by atoms with E-state index in [1.807, 2.05) is 18.4 Å². The number of ether oxygens (including phenoxy) is 2. The molecule has 0 fully saturated rings. The minimum atomic E-state index is -0.790. The Bertz CT molecular complexity index is 694. The molecular weight excluding hydrogens is 284 g/mol. The van der Waals surface area contributed by atoms with Crippen LogP contribution in [0.5, 0.6) is 5.75 Å². The summed E-state index contributed by atoms with van der Waals surface area (Å²) >= 11 is 0. The topological polar surface area (TPSA) is 73.6 Å². The minimum absolute atomic E-state index is 0.383. The van der Waals surface area contributed by atoms with Crippen LogP contribution < -0.4 is 4.74 Å². The molecule has 1 aliphatic rings. The van der Waals surface area contributed by atoms with Crippen LogP contribution in [0, 0.1) is 0 Å². The second-order valence-corrected chi connectivity index (χ2v) is 5.85. The number of fused-ring (bicyclic) bond motifs is 1. The minimum Gasteiger partial charge on any atom is -0.485 e. The van der Waals surface area contributed by atoms with E-state index in [4.69, 9.17) is 9.47 Å². The average molecular weight is 302 g/mol. The molecule has 0 saturated heterocycles. The largest absolute Gasteiger partial charge is 0.485 e. The van der Waals surface area contributed by atoms with Crippen molar-refractivity contribution in [3.8, 4) is 5.75 Å². The van der Waals surface area contributed by atoms with Crippen molar-refractivity contribution in [1.82, 2.24) is 9.55 Å². The summed E-state index contributed by atoms with van der Waals surface area (Å²) in [6.07, 6.45) is 4.29. The molecule has 0 radical (unpaired) electrons. The Kier molecular flexibility index (Phi) is 3.41. The Morgan fingerprint density at radius 3 is 2.86 bits per heavy atom. The normalized spacial score (nSPS) is 22.5. The molecule has 0 amide bonds. The van der Waals surface area contributed by atoms with Gasteiger partial charge in [0.1, 0.15) is 17.5 Å². The average Bonchev–Trinajstić information content (AvgIpc) is 3.01. The Morgan fingerprint density at radius 2 is 2.23 bits per heavy atom. The number of nitrogens with zero attached hydrogens (tertiary/aromatic N) is 2. The number of imidazole rings is 1. The number of carbonyl (C=O) groups is 1. The molecule has 22 heavy (non-hydrogen) atoms. The zero-order valence-electron chi connectivity index (χ0n) is 12.7. The van der Waals surface area contributed by atoms with Gasteiger partial charge in [-0.25, -0.2) is 9.78 Å². The maximum Gasteiger partial charge on any atom is 0.337 e. The van der Waals surface area contributed by atoms with Crippen LogP contribution in [0.1, 0.15) is 35.8 Å². The van der Waals surface area contributed by atoms with Crippen molar-refractivity contribution < 1.29 is 19.4 Å². The summed E-state index contributed by atoms with van der Waals surface area (Å²) in [7, 11) is 1.34. The van der Waals surface area contributed by atoms with Crippen LogP contribution in [0.3, 0.4) is 0 Å². The number of esters is 1. The molecule has 2 atom stereocenters. The van der Waals surface area contributed by atoms with Crippen LogP contribution in [0.25, 0.3) is 0 Å². The third-order valence-electron chi connectivity index (χ3n) is 3.98. The first kappa shape index (κ1) is 14.6. The van der Waals surface area contributed by atoms with Crippen molar-refractivity contribution in [3.05, 3.63) is 48.0 Å². The number of aliphatic hydroxyl groups excluding tert-OH is 1. The van der Waals surface area contributed by atoms with Gasteiger partial charge in [-0.05, 0) is 32.0 Å². The van der Waals surface area contributed by atoms with Gasteiger partial charge in [-0.3, -0.25) is 0 Å². The van der Waals surface area contributed by atoms with Crippen LogP contribution in [-0.4, -0.2) is 39.4 Å². The lowest BCUT2D eigenvalue weighted by atomic mass is 9.85. The smallest absolute Gasteiger partial charge is 0.337 e. The first-order valence-electron chi connectivity index (χ1n) is 7.01. The first-order chi connectivity index (χ1) is 10.4. The van der Waals surface area contributed by atoms with Crippen LogP contribution >= 0.6 is 0 Å². The molecule has 0 bridgehead atoms. The quantitative estimate of drug-likeness (QED) is 0.856. The number of benzene rings is 1. The summed E-state index contributed by atoms with van der Waals surface area (Å²) in [5.41, 5.74) is 0.393. The molecule has 0 unspecified atom stereocenters. The number of hydrogen-bond acceptors (Lipinski definition) is 5. The summed E-state index contributed by atoms with van der Waals surface area (Å²) in [5, 5.41) is 10.7. The van der Waals surface area contributed by atoms with E-state index in [1.165, 1.54) is 7.11 Å².